The first-order chi connectivity index (χ1) is 8.49. The molecule has 0 bridgehead atoms. The number of hydrogen-bond donors (Lipinski definition) is 1. The van der Waals surface area contributed by atoms with Gasteiger partial charge in [0.1, 0.15) is 5.82 Å². The van der Waals surface area contributed by atoms with E-state index in [0.29, 0.717) is 0 Å². The zero-order chi connectivity index (χ0) is 13.6. The molecule has 0 aliphatic heterocycles. The van der Waals surface area contributed by atoms with Crippen molar-refractivity contribution in [3.63, 3.8) is 0 Å². The van der Waals surface area contributed by atoms with Gasteiger partial charge in [0.25, 0.3) is 0 Å². The van der Waals surface area contributed by atoms with Crippen LogP contribution in [0.1, 0.15) is 26.7 Å². The van der Waals surface area contributed by atoms with Gasteiger partial charge in [0, 0.05) is 6.04 Å². The summed E-state index contributed by atoms with van der Waals surface area (Å²) in [4.78, 5) is 0.183. The van der Waals surface area contributed by atoms with E-state index in [-0.39, 0.29) is 16.7 Å². The Morgan fingerprint density at radius 2 is 1.83 bits per heavy atom. The van der Waals surface area contributed by atoms with E-state index in [4.69, 9.17) is 0 Å². The van der Waals surface area contributed by atoms with Gasteiger partial charge in [-0.05, 0) is 37.2 Å². The minimum Gasteiger partial charge on any atom is -0.313 e. The van der Waals surface area contributed by atoms with Crippen molar-refractivity contribution >= 4 is 9.84 Å². The van der Waals surface area contributed by atoms with E-state index in [1.165, 1.54) is 24.3 Å². The standard InChI is InChI=1S/C13H20FNO2S/c1-3-5-12(15-4-2)10-18(16,17)13-8-6-11(14)7-9-13/h6-9,12,15H,3-5,10H2,1-2H3. The lowest BCUT2D eigenvalue weighted by atomic mass is 10.2. The fourth-order valence-corrected chi connectivity index (χ4v) is 3.44. The molecule has 1 aromatic carbocycles. The normalized spacial score (nSPS) is 13.5. The summed E-state index contributed by atoms with van der Waals surface area (Å²) in [5.74, 6) is -0.369. The van der Waals surface area contributed by atoms with Crippen molar-refractivity contribution in [1.82, 2.24) is 5.32 Å². The van der Waals surface area contributed by atoms with Crippen LogP contribution in [0.4, 0.5) is 4.39 Å². The summed E-state index contributed by atoms with van der Waals surface area (Å²) in [5, 5.41) is 3.17. The highest BCUT2D eigenvalue weighted by atomic mass is 32.2. The molecule has 0 radical (unpaired) electrons. The number of nitrogens with one attached hydrogen (secondary N) is 1. The molecular weight excluding hydrogens is 253 g/mol. The first-order valence-electron chi connectivity index (χ1n) is 6.21. The number of hydrogen-bond acceptors (Lipinski definition) is 3. The van der Waals surface area contributed by atoms with E-state index in [9.17, 15) is 12.8 Å². The summed E-state index contributed by atoms with van der Waals surface area (Å²) < 4.78 is 37.1. The van der Waals surface area contributed by atoms with Crippen molar-refractivity contribution in [2.24, 2.45) is 0 Å². The molecule has 102 valence electrons. The average molecular weight is 273 g/mol. The van der Waals surface area contributed by atoms with E-state index in [0.717, 1.165) is 19.4 Å². The zero-order valence-electron chi connectivity index (χ0n) is 10.8. The van der Waals surface area contributed by atoms with Crippen LogP contribution in [-0.2, 0) is 9.84 Å². The lowest BCUT2D eigenvalue weighted by molar-refractivity contribution is 0.512. The third-order valence-corrected chi connectivity index (χ3v) is 4.55. The van der Waals surface area contributed by atoms with Gasteiger partial charge < -0.3 is 5.32 Å². The van der Waals surface area contributed by atoms with Crippen molar-refractivity contribution in [2.75, 3.05) is 12.3 Å². The fraction of sp³-hybridized carbons (Fsp3) is 0.538. The molecule has 0 saturated carbocycles. The molecule has 0 heterocycles. The highest BCUT2D eigenvalue weighted by Crippen LogP contribution is 2.14. The summed E-state index contributed by atoms with van der Waals surface area (Å²) in [5.41, 5.74) is 0. The Hall–Kier alpha value is -0.940. The molecule has 0 fully saturated rings. The molecular formula is C13H20FNO2S. The average Bonchev–Trinajstić information content (AvgIpc) is 2.29. The Labute approximate surface area is 108 Å². The second kappa shape index (κ2) is 6.85. The molecule has 1 atom stereocenters. The van der Waals surface area contributed by atoms with Crippen LogP contribution in [-0.4, -0.2) is 26.8 Å². The Morgan fingerprint density at radius 3 is 2.33 bits per heavy atom. The fourth-order valence-electron chi connectivity index (χ4n) is 1.88. The minimum absolute atomic E-state index is 0.0462. The van der Waals surface area contributed by atoms with Crippen LogP contribution in [0.2, 0.25) is 0 Å². The maximum absolute atomic E-state index is 12.8. The molecule has 0 saturated heterocycles. The topological polar surface area (TPSA) is 46.2 Å². The van der Waals surface area contributed by atoms with Crippen LogP contribution in [0.15, 0.2) is 29.2 Å². The van der Waals surface area contributed by atoms with E-state index in [2.05, 4.69) is 5.32 Å². The molecule has 0 aliphatic rings. The van der Waals surface area contributed by atoms with Gasteiger partial charge in [-0.1, -0.05) is 20.3 Å². The number of sulfone groups is 1. The van der Waals surface area contributed by atoms with Crippen molar-refractivity contribution in [3.05, 3.63) is 30.1 Å². The molecule has 1 N–H and O–H groups in total. The summed E-state index contributed by atoms with van der Waals surface area (Å²) in [6.07, 6.45) is 1.74. The Kier molecular flexibility index (Phi) is 5.75. The van der Waals surface area contributed by atoms with Crippen LogP contribution in [0, 0.1) is 5.82 Å². The van der Waals surface area contributed by atoms with Gasteiger partial charge >= 0.3 is 0 Å². The molecule has 5 heteroatoms. The summed E-state index contributed by atoms with van der Waals surface area (Å²) in [6.45, 7) is 4.71. The van der Waals surface area contributed by atoms with Gasteiger partial charge in [-0.3, -0.25) is 0 Å². The van der Waals surface area contributed by atoms with Gasteiger partial charge in [0.05, 0.1) is 10.6 Å². The highest BCUT2D eigenvalue weighted by molar-refractivity contribution is 7.91. The predicted octanol–water partition coefficient (Wildman–Crippen LogP) is 2.38. The summed E-state index contributed by atoms with van der Waals surface area (Å²) in [6, 6.07) is 4.94. The third-order valence-electron chi connectivity index (χ3n) is 2.72. The molecule has 0 spiro atoms. The van der Waals surface area contributed by atoms with Crippen LogP contribution in [0.5, 0.6) is 0 Å². The van der Waals surface area contributed by atoms with Crippen LogP contribution in [0.3, 0.4) is 0 Å². The quantitative estimate of drug-likeness (QED) is 0.776. The van der Waals surface area contributed by atoms with E-state index < -0.39 is 15.7 Å². The highest BCUT2D eigenvalue weighted by Gasteiger charge is 2.20. The van der Waals surface area contributed by atoms with Gasteiger partial charge in [-0.15, -0.1) is 0 Å². The van der Waals surface area contributed by atoms with Gasteiger partial charge in [-0.25, -0.2) is 12.8 Å². The van der Waals surface area contributed by atoms with Crippen molar-refractivity contribution in [1.29, 1.82) is 0 Å². The SMILES string of the molecule is CCCC(CS(=O)(=O)c1ccc(F)cc1)NCC. The van der Waals surface area contributed by atoms with E-state index in [1.54, 1.807) is 0 Å². The number of halogens is 1. The van der Waals surface area contributed by atoms with Gasteiger partial charge in [-0.2, -0.15) is 0 Å². The number of benzene rings is 1. The second-order valence-corrected chi connectivity index (χ2v) is 6.31. The lowest BCUT2D eigenvalue weighted by Crippen LogP contribution is -2.35. The predicted molar refractivity (Wildman–Crippen MR) is 70.8 cm³/mol. The first kappa shape index (κ1) is 15.1. The van der Waals surface area contributed by atoms with Gasteiger partial charge in [0.2, 0.25) is 0 Å². The molecule has 3 nitrogen and oxygen atoms in total. The number of rotatable bonds is 7. The molecule has 1 rings (SSSR count). The Bertz CT molecular complexity index is 450. The monoisotopic (exact) mass is 273 g/mol. The first-order valence-corrected chi connectivity index (χ1v) is 7.86. The van der Waals surface area contributed by atoms with E-state index >= 15 is 0 Å². The van der Waals surface area contributed by atoms with Crippen LogP contribution < -0.4 is 5.32 Å². The Morgan fingerprint density at radius 1 is 1.22 bits per heavy atom. The minimum atomic E-state index is -3.35. The van der Waals surface area contributed by atoms with Crippen molar-refractivity contribution in [2.45, 2.75) is 37.6 Å². The molecule has 0 amide bonds. The van der Waals surface area contributed by atoms with Crippen LogP contribution >= 0.6 is 0 Å². The zero-order valence-corrected chi connectivity index (χ0v) is 11.6. The maximum Gasteiger partial charge on any atom is 0.179 e. The third kappa shape index (κ3) is 4.38. The molecule has 18 heavy (non-hydrogen) atoms. The molecule has 0 aromatic heterocycles. The van der Waals surface area contributed by atoms with Crippen molar-refractivity contribution in [3.8, 4) is 0 Å². The molecule has 1 unspecified atom stereocenters. The van der Waals surface area contributed by atoms with Crippen molar-refractivity contribution < 1.29 is 12.8 Å². The Balaban J connectivity index is 2.82. The second-order valence-electron chi connectivity index (χ2n) is 4.28. The van der Waals surface area contributed by atoms with Crippen LogP contribution in [0.25, 0.3) is 0 Å². The largest absolute Gasteiger partial charge is 0.313 e. The molecule has 0 aliphatic carbocycles. The van der Waals surface area contributed by atoms with Gasteiger partial charge in [0.15, 0.2) is 9.84 Å². The lowest BCUT2D eigenvalue weighted by Gasteiger charge is -2.17. The molecule has 1 aromatic rings. The van der Waals surface area contributed by atoms with E-state index in [1.807, 2.05) is 13.8 Å². The smallest absolute Gasteiger partial charge is 0.179 e. The summed E-state index contributed by atoms with van der Waals surface area (Å²) in [7, 11) is -3.35. The summed E-state index contributed by atoms with van der Waals surface area (Å²) >= 11 is 0. The maximum atomic E-state index is 12.8.